The average Bonchev–Trinajstić information content (AvgIpc) is 3.14. The van der Waals surface area contributed by atoms with Gasteiger partial charge in [-0.25, -0.2) is 14.4 Å². The molecule has 0 N–H and O–H groups in total. The van der Waals surface area contributed by atoms with Crippen LogP contribution in [0.25, 0.3) is 0 Å². The van der Waals surface area contributed by atoms with Crippen LogP contribution < -0.4 is 9.80 Å². The highest BCUT2D eigenvalue weighted by Gasteiger charge is 2.41. The quantitative estimate of drug-likeness (QED) is 0.850. The predicted molar refractivity (Wildman–Crippen MR) is 84.6 cm³/mol. The minimum Gasteiger partial charge on any atom is -0.356 e. The number of pyridine rings is 2. The van der Waals surface area contributed by atoms with Crippen LogP contribution in [0.15, 0.2) is 36.7 Å². The summed E-state index contributed by atoms with van der Waals surface area (Å²) in [5, 5.41) is 9.23. The van der Waals surface area contributed by atoms with Crippen LogP contribution in [0.1, 0.15) is 5.56 Å². The largest absolute Gasteiger partial charge is 0.356 e. The Morgan fingerprint density at radius 2 is 1.78 bits per heavy atom. The molecule has 6 heteroatoms. The molecule has 2 saturated heterocycles. The van der Waals surface area contributed by atoms with Gasteiger partial charge in [-0.2, -0.15) is 5.26 Å². The summed E-state index contributed by atoms with van der Waals surface area (Å²) in [6, 6.07) is 9.01. The molecule has 0 saturated carbocycles. The Morgan fingerprint density at radius 1 is 1.04 bits per heavy atom. The van der Waals surface area contributed by atoms with Crippen molar-refractivity contribution in [1.82, 2.24) is 9.97 Å². The van der Waals surface area contributed by atoms with E-state index in [1.165, 1.54) is 12.3 Å². The summed E-state index contributed by atoms with van der Waals surface area (Å²) in [6.07, 6.45) is 3.00. The maximum Gasteiger partial charge on any atom is 0.146 e. The SMILES string of the molecule is N#Cc1cccnc1N1CC2CN(c3ccc(F)cn3)CC2C1. The molecule has 4 heterocycles. The van der Waals surface area contributed by atoms with Crippen LogP contribution in [-0.4, -0.2) is 36.1 Å². The van der Waals surface area contributed by atoms with Crippen molar-refractivity contribution < 1.29 is 4.39 Å². The monoisotopic (exact) mass is 309 g/mol. The third kappa shape index (κ3) is 2.48. The van der Waals surface area contributed by atoms with E-state index in [2.05, 4.69) is 25.8 Å². The van der Waals surface area contributed by atoms with Crippen LogP contribution in [0.4, 0.5) is 16.0 Å². The molecule has 116 valence electrons. The zero-order chi connectivity index (χ0) is 15.8. The number of aromatic nitrogens is 2. The molecule has 5 nitrogen and oxygen atoms in total. The van der Waals surface area contributed by atoms with E-state index in [1.54, 1.807) is 18.3 Å². The summed E-state index contributed by atoms with van der Waals surface area (Å²) >= 11 is 0. The van der Waals surface area contributed by atoms with Crippen LogP contribution in [0.2, 0.25) is 0 Å². The van der Waals surface area contributed by atoms with E-state index >= 15 is 0 Å². The molecular weight excluding hydrogens is 293 g/mol. The topological polar surface area (TPSA) is 56.1 Å². The van der Waals surface area contributed by atoms with Gasteiger partial charge in [-0.3, -0.25) is 0 Å². The van der Waals surface area contributed by atoms with Crippen LogP contribution >= 0.6 is 0 Å². The van der Waals surface area contributed by atoms with Gasteiger partial charge in [-0.15, -0.1) is 0 Å². The molecule has 2 aromatic rings. The lowest BCUT2D eigenvalue weighted by Crippen LogP contribution is -2.30. The lowest BCUT2D eigenvalue weighted by atomic mass is 10.0. The van der Waals surface area contributed by atoms with Crippen molar-refractivity contribution in [3.05, 3.63) is 48.0 Å². The minimum absolute atomic E-state index is 0.307. The Morgan fingerprint density at radius 3 is 2.43 bits per heavy atom. The van der Waals surface area contributed by atoms with Gasteiger partial charge in [0.2, 0.25) is 0 Å². The van der Waals surface area contributed by atoms with Crippen LogP contribution in [0.5, 0.6) is 0 Å². The second-order valence-electron chi connectivity index (χ2n) is 6.15. The molecule has 2 fully saturated rings. The molecule has 2 aliphatic heterocycles. The first-order valence-electron chi connectivity index (χ1n) is 7.71. The molecule has 4 rings (SSSR count). The normalized spacial score (nSPS) is 23.0. The molecule has 0 aromatic carbocycles. The fourth-order valence-corrected chi connectivity index (χ4v) is 3.64. The second-order valence-corrected chi connectivity index (χ2v) is 6.15. The van der Waals surface area contributed by atoms with Gasteiger partial charge in [0.25, 0.3) is 0 Å². The van der Waals surface area contributed by atoms with Gasteiger partial charge in [0.1, 0.15) is 23.5 Å². The van der Waals surface area contributed by atoms with Crippen molar-refractivity contribution in [3.8, 4) is 6.07 Å². The summed E-state index contributed by atoms with van der Waals surface area (Å²) < 4.78 is 13.0. The summed E-state index contributed by atoms with van der Waals surface area (Å²) in [5.74, 6) is 2.36. The molecule has 23 heavy (non-hydrogen) atoms. The molecular formula is C17H16FN5. The van der Waals surface area contributed by atoms with Gasteiger partial charge in [-0.1, -0.05) is 0 Å². The number of rotatable bonds is 2. The highest BCUT2D eigenvalue weighted by Crippen LogP contribution is 2.35. The first-order chi connectivity index (χ1) is 11.2. The fraction of sp³-hybridized carbons (Fsp3) is 0.353. The molecule has 0 amide bonds. The fourth-order valence-electron chi connectivity index (χ4n) is 3.64. The van der Waals surface area contributed by atoms with Crippen molar-refractivity contribution in [1.29, 1.82) is 5.26 Å². The van der Waals surface area contributed by atoms with E-state index in [1.807, 2.05) is 6.07 Å². The molecule has 0 radical (unpaired) electrons. The summed E-state index contributed by atoms with van der Waals surface area (Å²) in [5.41, 5.74) is 0.629. The molecule has 0 bridgehead atoms. The van der Waals surface area contributed by atoms with E-state index < -0.39 is 0 Å². The Labute approximate surface area is 134 Å². The smallest absolute Gasteiger partial charge is 0.146 e. The number of fused-ring (bicyclic) bond motifs is 1. The molecule has 0 aliphatic carbocycles. The average molecular weight is 309 g/mol. The van der Waals surface area contributed by atoms with E-state index in [9.17, 15) is 9.65 Å². The van der Waals surface area contributed by atoms with Crippen LogP contribution in [0, 0.1) is 29.0 Å². The van der Waals surface area contributed by atoms with Crippen molar-refractivity contribution in [2.24, 2.45) is 11.8 Å². The lowest BCUT2D eigenvalue weighted by molar-refractivity contribution is 0.533. The van der Waals surface area contributed by atoms with Crippen molar-refractivity contribution in [2.45, 2.75) is 0 Å². The van der Waals surface area contributed by atoms with Gasteiger partial charge >= 0.3 is 0 Å². The van der Waals surface area contributed by atoms with Crippen LogP contribution in [0.3, 0.4) is 0 Å². The molecule has 2 atom stereocenters. The Kier molecular flexibility index (Phi) is 3.34. The zero-order valence-electron chi connectivity index (χ0n) is 12.6. The van der Waals surface area contributed by atoms with Gasteiger partial charge in [0.15, 0.2) is 0 Å². The first kappa shape index (κ1) is 13.9. The van der Waals surface area contributed by atoms with Gasteiger partial charge in [0.05, 0.1) is 11.8 Å². The predicted octanol–water partition coefficient (Wildman–Crippen LogP) is 2.06. The van der Waals surface area contributed by atoms with E-state index in [0.29, 0.717) is 17.4 Å². The highest BCUT2D eigenvalue weighted by atomic mass is 19.1. The maximum atomic E-state index is 13.0. The van der Waals surface area contributed by atoms with Crippen molar-refractivity contribution in [3.63, 3.8) is 0 Å². The number of hydrogen-bond donors (Lipinski definition) is 0. The Bertz CT molecular complexity index is 740. The number of nitrogens with zero attached hydrogens (tertiary/aromatic N) is 5. The van der Waals surface area contributed by atoms with E-state index in [4.69, 9.17) is 0 Å². The number of anilines is 2. The van der Waals surface area contributed by atoms with Gasteiger partial charge in [0, 0.05) is 44.2 Å². The summed E-state index contributed by atoms with van der Waals surface area (Å²) in [7, 11) is 0. The Balaban J connectivity index is 1.48. The van der Waals surface area contributed by atoms with Crippen molar-refractivity contribution >= 4 is 11.6 Å². The standard InChI is InChI=1S/C17H16FN5/c18-15-3-4-16(21-7-15)22-8-13-10-23(11-14(13)9-22)17-12(6-19)2-1-5-20-17/h1-5,7,13-14H,8-11H2. The minimum atomic E-state index is -0.307. The highest BCUT2D eigenvalue weighted by molar-refractivity contribution is 5.55. The van der Waals surface area contributed by atoms with Gasteiger partial charge in [-0.05, 0) is 24.3 Å². The third-order valence-electron chi connectivity index (χ3n) is 4.73. The molecule has 0 spiro atoms. The lowest BCUT2D eigenvalue weighted by Gasteiger charge is -2.23. The van der Waals surface area contributed by atoms with E-state index in [0.717, 1.165) is 37.8 Å². The van der Waals surface area contributed by atoms with Crippen LogP contribution in [-0.2, 0) is 0 Å². The van der Waals surface area contributed by atoms with Gasteiger partial charge < -0.3 is 9.80 Å². The van der Waals surface area contributed by atoms with Crippen molar-refractivity contribution in [2.75, 3.05) is 36.0 Å². The second kappa shape index (κ2) is 5.51. The maximum absolute atomic E-state index is 13.0. The Hall–Kier alpha value is -2.68. The number of halogens is 1. The number of nitriles is 1. The molecule has 2 aliphatic rings. The zero-order valence-corrected chi connectivity index (χ0v) is 12.6. The molecule has 2 unspecified atom stereocenters. The number of hydrogen-bond acceptors (Lipinski definition) is 5. The van der Waals surface area contributed by atoms with E-state index in [-0.39, 0.29) is 5.82 Å². The summed E-state index contributed by atoms with van der Waals surface area (Å²) in [4.78, 5) is 13.0. The third-order valence-corrected chi connectivity index (χ3v) is 4.73. The molecule has 2 aromatic heterocycles. The first-order valence-corrected chi connectivity index (χ1v) is 7.71. The summed E-state index contributed by atoms with van der Waals surface area (Å²) in [6.45, 7) is 3.62.